The molecule has 1 fully saturated rings. The molecule has 1 heterocycles. The number of carbonyl (C=O) groups is 1. The molecule has 94 valence electrons. The van der Waals surface area contributed by atoms with Gasteiger partial charge in [-0.2, -0.15) is 0 Å². The predicted octanol–water partition coefficient (Wildman–Crippen LogP) is 2.44. The lowest BCUT2D eigenvalue weighted by Crippen LogP contribution is -2.34. The van der Waals surface area contributed by atoms with Crippen LogP contribution < -0.4 is 11.1 Å². The van der Waals surface area contributed by atoms with Crippen LogP contribution in [-0.2, 0) is 11.2 Å². The molecule has 2 unspecified atom stereocenters. The molecule has 0 radical (unpaired) electrons. The summed E-state index contributed by atoms with van der Waals surface area (Å²) in [6.07, 6.45) is 4.37. The van der Waals surface area contributed by atoms with Gasteiger partial charge in [-0.05, 0) is 47.7 Å². The molecule has 3 N–H and O–H groups in total. The van der Waals surface area contributed by atoms with Crippen molar-refractivity contribution in [2.45, 2.75) is 44.2 Å². The lowest BCUT2D eigenvalue weighted by molar-refractivity contribution is -0.121. The van der Waals surface area contributed by atoms with Crippen LogP contribution in [0.15, 0.2) is 15.9 Å². The first-order chi connectivity index (χ1) is 8.13. The number of rotatable bonds is 4. The number of carbonyl (C=O) groups excluding carboxylic acids is 1. The second-order valence-electron chi connectivity index (χ2n) is 4.57. The lowest BCUT2D eigenvalue weighted by atomic mass is 10.2. The Hall–Kier alpha value is -0.390. The predicted molar refractivity (Wildman–Crippen MR) is 74.1 cm³/mol. The lowest BCUT2D eigenvalue weighted by Gasteiger charge is -2.11. The average Bonchev–Trinajstić information content (AvgIpc) is 2.85. The van der Waals surface area contributed by atoms with Crippen LogP contribution in [0.1, 0.15) is 30.6 Å². The van der Waals surface area contributed by atoms with Crippen LogP contribution in [-0.4, -0.2) is 18.0 Å². The van der Waals surface area contributed by atoms with Gasteiger partial charge in [-0.3, -0.25) is 4.79 Å². The molecule has 2 rings (SSSR count). The quantitative estimate of drug-likeness (QED) is 0.896. The fraction of sp³-hybridized carbons (Fsp3) is 0.583. The summed E-state index contributed by atoms with van der Waals surface area (Å²) in [4.78, 5) is 13.0. The van der Waals surface area contributed by atoms with Crippen molar-refractivity contribution >= 4 is 33.2 Å². The zero-order chi connectivity index (χ0) is 12.3. The molecule has 0 bridgehead atoms. The van der Waals surface area contributed by atoms with Crippen molar-refractivity contribution in [2.24, 2.45) is 5.73 Å². The molecule has 1 amide bonds. The van der Waals surface area contributed by atoms with Gasteiger partial charge in [0, 0.05) is 33.2 Å². The minimum atomic E-state index is 0.147. The van der Waals surface area contributed by atoms with Crippen LogP contribution in [0.4, 0.5) is 0 Å². The minimum Gasteiger partial charge on any atom is -0.353 e. The van der Waals surface area contributed by atoms with E-state index in [1.807, 2.05) is 5.38 Å². The summed E-state index contributed by atoms with van der Waals surface area (Å²) in [6, 6.07) is 2.64. The summed E-state index contributed by atoms with van der Waals surface area (Å²) in [5.74, 6) is 0.147. The molecule has 2 atom stereocenters. The highest BCUT2D eigenvalue weighted by Gasteiger charge is 2.22. The van der Waals surface area contributed by atoms with Crippen molar-refractivity contribution in [2.75, 3.05) is 0 Å². The Kier molecular flexibility index (Phi) is 4.59. The van der Waals surface area contributed by atoms with Gasteiger partial charge in [0.1, 0.15) is 0 Å². The van der Waals surface area contributed by atoms with E-state index in [-0.39, 0.29) is 11.9 Å². The molecule has 17 heavy (non-hydrogen) atoms. The molecule has 1 aliphatic rings. The van der Waals surface area contributed by atoms with Gasteiger partial charge in [-0.15, -0.1) is 11.3 Å². The Balaban J connectivity index is 1.71. The monoisotopic (exact) mass is 316 g/mol. The minimum absolute atomic E-state index is 0.147. The van der Waals surface area contributed by atoms with Crippen LogP contribution in [0.25, 0.3) is 0 Å². The molecule has 3 nitrogen and oxygen atoms in total. The van der Waals surface area contributed by atoms with Gasteiger partial charge in [0.2, 0.25) is 5.91 Å². The fourth-order valence-electron chi connectivity index (χ4n) is 2.17. The van der Waals surface area contributed by atoms with Crippen molar-refractivity contribution in [3.63, 3.8) is 0 Å². The first-order valence-electron chi connectivity index (χ1n) is 5.91. The number of nitrogens with two attached hydrogens (primary N) is 1. The van der Waals surface area contributed by atoms with Crippen molar-refractivity contribution in [1.82, 2.24) is 5.32 Å². The maximum atomic E-state index is 11.7. The molecule has 5 heteroatoms. The Morgan fingerprint density at radius 1 is 1.59 bits per heavy atom. The Morgan fingerprint density at radius 3 is 3.00 bits per heavy atom. The highest BCUT2D eigenvalue weighted by Crippen LogP contribution is 2.21. The second kappa shape index (κ2) is 5.98. The molecule has 1 aromatic heterocycles. The SMILES string of the molecule is NC1CCC(NC(=O)CCc2cc(Br)cs2)C1. The highest BCUT2D eigenvalue weighted by atomic mass is 79.9. The number of nitrogens with one attached hydrogen (secondary N) is 1. The summed E-state index contributed by atoms with van der Waals surface area (Å²) in [6.45, 7) is 0. The van der Waals surface area contributed by atoms with Crippen molar-refractivity contribution in [3.8, 4) is 0 Å². The topological polar surface area (TPSA) is 55.1 Å². The zero-order valence-corrected chi connectivity index (χ0v) is 12.0. The largest absolute Gasteiger partial charge is 0.353 e. The zero-order valence-electron chi connectivity index (χ0n) is 9.62. The second-order valence-corrected chi connectivity index (χ2v) is 6.48. The van der Waals surface area contributed by atoms with E-state index in [9.17, 15) is 4.79 Å². The van der Waals surface area contributed by atoms with Crippen LogP contribution >= 0.6 is 27.3 Å². The molecule has 1 saturated carbocycles. The smallest absolute Gasteiger partial charge is 0.220 e. The summed E-state index contributed by atoms with van der Waals surface area (Å²) in [5.41, 5.74) is 5.81. The van der Waals surface area contributed by atoms with Gasteiger partial charge < -0.3 is 11.1 Å². The Labute approximate surface area is 114 Å². The van der Waals surface area contributed by atoms with Crippen LogP contribution in [0.2, 0.25) is 0 Å². The maximum absolute atomic E-state index is 11.7. The Bertz CT molecular complexity index is 394. The van der Waals surface area contributed by atoms with Crippen LogP contribution in [0.5, 0.6) is 0 Å². The van der Waals surface area contributed by atoms with E-state index in [2.05, 4.69) is 27.3 Å². The van der Waals surface area contributed by atoms with E-state index in [0.29, 0.717) is 12.5 Å². The van der Waals surface area contributed by atoms with E-state index in [1.165, 1.54) is 4.88 Å². The maximum Gasteiger partial charge on any atom is 0.220 e. The fourth-order valence-corrected chi connectivity index (χ4v) is 3.62. The molecule has 0 aromatic carbocycles. The number of thiophene rings is 1. The van der Waals surface area contributed by atoms with Crippen LogP contribution in [0, 0.1) is 0 Å². The molecule has 1 aliphatic carbocycles. The van der Waals surface area contributed by atoms with Crippen molar-refractivity contribution < 1.29 is 4.79 Å². The molecule has 0 saturated heterocycles. The Morgan fingerprint density at radius 2 is 2.41 bits per heavy atom. The normalized spacial score (nSPS) is 23.9. The molecule has 1 aromatic rings. The van der Waals surface area contributed by atoms with Gasteiger partial charge in [-0.1, -0.05) is 0 Å². The molecular formula is C12H17BrN2OS. The van der Waals surface area contributed by atoms with Gasteiger partial charge in [0.05, 0.1) is 0 Å². The standard InChI is InChI=1S/C12H17BrN2OS/c13-8-5-11(17-7-8)3-4-12(16)15-10-2-1-9(14)6-10/h5,7,9-10H,1-4,6,14H2,(H,15,16). The third kappa shape index (κ3) is 4.08. The first kappa shape index (κ1) is 13.1. The number of amides is 1. The van der Waals surface area contributed by atoms with Gasteiger partial charge in [0.25, 0.3) is 0 Å². The van der Waals surface area contributed by atoms with Crippen molar-refractivity contribution in [1.29, 1.82) is 0 Å². The van der Waals surface area contributed by atoms with Gasteiger partial charge in [-0.25, -0.2) is 0 Å². The van der Waals surface area contributed by atoms with E-state index >= 15 is 0 Å². The number of halogens is 1. The number of hydrogen-bond donors (Lipinski definition) is 2. The number of aryl methyl sites for hydroxylation is 1. The number of hydrogen-bond acceptors (Lipinski definition) is 3. The molecule has 0 aliphatic heterocycles. The average molecular weight is 317 g/mol. The summed E-state index contributed by atoms with van der Waals surface area (Å²) in [5, 5.41) is 5.11. The van der Waals surface area contributed by atoms with E-state index in [4.69, 9.17) is 5.73 Å². The molecular weight excluding hydrogens is 300 g/mol. The van der Waals surface area contributed by atoms with Crippen LogP contribution in [0.3, 0.4) is 0 Å². The van der Waals surface area contributed by atoms with E-state index in [0.717, 1.165) is 30.2 Å². The third-order valence-electron chi connectivity index (χ3n) is 3.06. The summed E-state index contributed by atoms with van der Waals surface area (Å²) in [7, 11) is 0. The highest BCUT2D eigenvalue weighted by molar-refractivity contribution is 9.10. The van der Waals surface area contributed by atoms with E-state index < -0.39 is 0 Å². The summed E-state index contributed by atoms with van der Waals surface area (Å²) < 4.78 is 1.10. The molecule has 0 spiro atoms. The van der Waals surface area contributed by atoms with E-state index in [1.54, 1.807) is 11.3 Å². The van der Waals surface area contributed by atoms with Crippen molar-refractivity contribution in [3.05, 3.63) is 20.8 Å². The van der Waals surface area contributed by atoms with Gasteiger partial charge in [0.15, 0.2) is 0 Å². The third-order valence-corrected chi connectivity index (χ3v) is 4.82. The first-order valence-corrected chi connectivity index (χ1v) is 7.58. The van der Waals surface area contributed by atoms with Gasteiger partial charge >= 0.3 is 0 Å². The summed E-state index contributed by atoms with van der Waals surface area (Å²) >= 11 is 5.10.